The molecule has 1 aromatic rings. The highest BCUT2D eigenvalue weighted by Crippen LogP contribution is 2.30. The van der Waals surface area contributed by atoms with Gasteiger partial charge in [0.05, 0.1) is 22.1 Å². The molecular weight excluding hydrogens is 251 g/mol. The summed E-state index contributed by atoms with van der Waals surface area (Å²) in [5.41, 5.74) is -0.237. The zero-order chi connectivity index (χ0) is 13.0. The number of nitro groups is 1. The average molecular weight is 263 g/mol. The molecule has 94 valence electrons. The fraction of sp³-hybridized carbons (Fsp3) is 0.400. The Morgan fingerprint density at radius 3 is 2.82 bits per heavy atom. The van der Waals surface area contributed by atoms with Gasteiger partial charge in [-0.2, -0.15) is 0 Å². The van der Waals surface area contributed by atoms with Crippen molar-refractivity contribution in [3.05, 3.63) is 33.1 Å². The van der Waals surface area contributed by atoms with E-state index in [4.69, 9.17) is 16.7 Å². The molecule has 0 saturated heterocycles. The molecule has 0 aliphatic heterocycles. The van der Waals surface area contributed by atoms with Crippen LogP contribution in [0.1, 0.15) is 13.3 Å². The molecule has 1 aromatic carbocycles. The molecule has 0 spiro atoms. The molecule has 0 amide bonds. The molecule has 2 N–H and O–H groups in total. The summed E-state index contributed by atoms with van der Waals surface area (Å²) >= 11 is 5.54. The molecule has 0 aliphatic carbocycles. The maximum absolute atomic E-state index is 13.1. The van der Waals surface area contributed by atoms with Gasteiger partial charge in [0.2, 0.25) is 0 Å². The van der Waals surface area contributed by atoms with E-state index in [1.165, 1.54) is 0 Å². The van der Waals surface area contributed by atoms with Crippen LogP contribution in [0.15, 0.2) is 12.1 Å². The fourth-order valence-electron chi connectivity index (χ4n) is 1.24. The maximum Gasteiger partial charge on any atom is 0.295 e. The van der Waals surface area contributed by atoms with Crippen molar-refractivity contribution < 1.29 is 14.4 Å². The summed E-state index contributed by atoms with van der Waals surface area (Å²) in [4.78, 5) is 10.00. The first kappa shape index (κ1) is 13.7. The molecule has 0 aliphatic rings. The number of nitrogens with zero attached hydrogens (tertiary/aromatic N) is 1. The lowest BCUT2D eigenvalue weighted by atomic mass is 10.2. The lowest BCUT2D eigenvalue weighted by Crippen LogP contribution is -2.11. The second-order valence-corrected chi connectivity index (χ2v) is 4.01. The topological polar surface area (TPSA) is 75.4 Å². The molecule has 0 heterocycles. The van der Waals surface area contributed by atoms with Gasteiger partial charge in [-0.05, 0) is 19.4 Å². The van der Waals surface area contributed by atoms with Gasteiger partial charge in [0.1, 0.15) is 11.5 Å². The smallest absolute Gasteiger partial charge is 0.295 e. The summed E-state index contributed by atoms with van der Waals surface area (Å²) in [7, 11) is 0. The number of nitro benzene ring substituents is 1. The predicted octanol–water partition coefficient (Wildman–Crippen LogP) is 2.57. The average Bonchev–Trinajstić information content (AvgIpc) is 2.22. The van der Waals surface area contributed by atoms with Gasteiger partial charge >= 0.3 is 0 Å². The third-order valence-electron chi connectivity index (χ3n) is 2.11. The summed E-state index contributed by atoms with van der Waals surface area (Å²) in [5.74, 6) is -0.834. The second kappa shape index (κ2) is 5.79. The van der Waals surface area contributed by atoms with Crippen LogP contribution in [0.3, 0.4) is 0 Å². The minimum absolute atomic E-state index is 0.141. The summed E-state index contributed by atoms with van der Waals surface area (Å²) in [5, 5.41) is 22.3. The molecule has 5 nitrogen and oxygen atoms in total. The van der Waals surface area contributed by atoms with Crippen LogP contribution in [-0.4, -0.2) is 22.7 Å². The van der Waals surface area contributed by atoms with Gasteiger partial charge in [-0.25, -0.2) is 4.39 Å². The van der Waals surface area contributed by atoms with Gasteiger partial charge in [0, 0.05) is 6.54 Å². The van der Waals surface area contributed by atoms with E-state index in [-0.39, 0.29) is 16.4 Å². The Bertz CT molecular complexity index is 426. The second-order valence-electron chi connectivity index (χ2n) is 3.61. The molecule has 0 fully saturated rings. The number of rotatable bonds is 5. The van der Waals surface area contributed by atoms with E-state index in [0.29, 0.717) is 13.0 Å². The van der Waals surface area contributed by atoms with E-state index in [9.17, 15) is 14.5 Å². The zero-order valence-corrected chi connectivity index (χ0v) is 9.87. The van der Waals surface area contributed by atoms with Gasteiger partial charge in [0.25, 0.3) is 5.69 Å². The van der Waals surface area contributed by atoms with E-state index in [1.807, 2.05) is 0 Å². The highest BCUT2D eigenvalue weighted by atomic mass is 35.5. The summed E-state index contributed by atoms with van der Waals surface area (Å²) in [6, 6.07) is 1.93. The molecule has 7 heteroatoms. The molecule has 0 aromatic heterocycles. The lowest BCUT2D eigenvalue weighted by molar-refractivity contribution is -0.384. The minimum atomic E-state index is -0.834. The van der Waals surface area contributed by atoms with Crippen LogP contribution in [0.4, 0.5) is 15.8 Å². The molecule has 1 unspecified atom stereocenters. The standard InChI is InChI=1S/C10H12ClFN2O3/c1-6(15)2-3-13-9-4-7(11)8(12)5-10(9)14(16)17/h4-6,13,15H,2-3H2,1H3. The lowest BCUT2D eigenvalue weighted by Gasteiger charge is -2.09. The highest BCUT2D eigenvalue weighted by molar-refractivity contribution is 6.31. The van der Waals surface area contributed by atoms with E-state index in [1.54, 1.807) is 6.92 Å². The number of hydrogen-bond donors (Lipinski definition) is 2. The minimum Gasteiger partial charge on any atom is -0.393 e. The number of anilines is 1. The summed E-state index contributed by atoms with van der Waals surface area (Å²) in [6.45, 7) is 1.94. The zero-order valence-electron chi connectivity index (χ0n) is 9.11. The van der Waals surface area contributed by atoms with Crippen LogP contribution < -0.4 is 5.32 Å². The van der Waals surface area contributed by atoms with E-state index < -0.39 is 16.8 Å². The van der Waals surface area contributed by atoms with Gasteiger partial charge in [-0.15, -0.1) is 0 Å². The van der Waals surface area contributed by atoms with Crippen molar-refractivity contribution in [2.24, 2.45) is 0 Å². The third-order valence-corrected chi connectivity index (χ3v) is 2.40. The van der Waals surface area contributed by atoms with Gasteiger partial charge in [-0.3, -0.25) is 10.1 Å². The SMILES string of the molecule is CC(O)CCNc1cc(Cl)c(F)cc1[N+](=O)[O-]. The Balaban J connectivity index is 2.89. The van der Waals surface area contributed by atoms with Crippen molar-refractivity contribution in [2.45, 2.75) is 19.4 Å². The highest BCUT2D eigenvalue weighted by Gasteiger charge is 2.17. The van der Waals surface area contributed by atoms with E-state index in [0.717, 1.165) is 12.1 Å². The van der Waals surface area contributed by atoms with Crippen molar-refractivity contribution in [3.63, 3.8) is 0 Å². The van der Waals surface area contributed by atoms with E-state index >= 15 is 0 Å². The quantitative estimate of drug-likeness (QED) is 0.632. The molecule has 0 saturated carbocycles. The molecule has 0 bridgehead atoms. The fourth-order valence-corrected chi connectivity index (χ4v) is 1.41. The number of aliphatic hydroxyl groups excluding tert-OH is 1. The summed E-state index contributed by atoms with van der Waals surface area (Å²) in [6.07, 6.45) is -0.0935. The number of hydrogen-bond acceptors (Lipinski definition) is 4. The monoisotopic (exact) mass is 262 g/mol. The molecule has 17 heavy (non-hydrogen) atoms. The number of halogens is 2. The van der Waals surface area contributed by atoms with Crippen molar-refractivity contribution in [1.82, 2.24) is 0 Å². The largest absolute Gasteiger partial charge is 0.393 e. The molecule has 1 atom stereocenters. The molecule has 1 rings (SSSR count). The number of benzene rings is 1. The van der Waals surface area contributed by atoms with Gasteiger partial charge in [0.15, 0.2) is 0 Å². The van der Waals surface area contributed by atoms with E-state index in [2.05, 4.69) is 5.32 Å². The first-order chi connectivity index (χ1) is 7.91. The van der Waals surface area contributed by atoms with Crippen molar-refractivity contribution in [1.29, 1.82) is 0 Å². The third kappa shape index (κ3) is 3.83. The number of aliphatic hydroxyl groups is 1. The normalized spacial score (nSPS) is 12.2. The molecular formula is C10H12ClFN2O3. The Morgan fingerprint density at radius 2 is 2.29 bits per heavy atom. The first-order valence-electron chi connectivity index (χ1n) is 4.97. The maximum atomic E-state index is 13.1. The summed E-state index contributed by atoms with van der Waals surface area (Å²) < 4.78 is 13.1. The van der Waals surface area contributed by atoms with Gasteiger partial charge in [-0.1, -0.05) is 11.6 Å². The Morgan fingerprint density at radius 1 is 1.65 bits per heavy atom. The Labute approximate surface area is 102 Å². The Hall–Kier alpha value is -1.40. The van der Waals surface area contributed by atoms with Gasteiger partial charge < -0.3 is 10.4 Å². The first-order valence-corrected chi connectivity index (χ1v) is 5.35. The van der Waals surface area contributed by atoms with Crippen LogP contribution >= 0.6 is 11.6 Å². The Kier molecular flexibility index (Phi) is 4.65. The van der Waals surface area contributed by atoms with Crippen molar-refractivity contribution in [2.75, 3.05) is 11.9 Å². The predicted molar refractivity (Wildman–Crippen MR) is 62.9 cm³/mol. The van der Waals surface area contributed by atoms with Crippen LogP contribution in [-0.2, 0) is 0 Å². The van der Waals surface area contributed by atoms with Crippen LogP contribution in [0, 0.1) is 15.9 Å². The van der Waals surface area contributed by atoms with Crippen molar-refractivity contribution >= 4 is 23.0 Å². The molecule has 0 radical (unpaired) electrons. The number of nitrogens with one attached hydrogen (secondary N) is 1. The van der Waals surface area contributed by atoms with Crippen molar-refractivity contribution in [3.8, 4) is 0 Å². The van der Waals surface area contributed by atoms with Crippen LogP contribution in [0.5, 0.6) is 0 Å². The van der Waals surface area contributed by atoms with Crippen LogP contribution in [0.25, 0.3) is 0 Å². The van der Waals surface area contributed by atoms with Crippen LogP contribution in [0.2, 0.25) is 5.02 Å².